The van der Waals surface area contributed by atoms with Gasteiger partial charge in [-0.1, -0.05) is 30.3 Å². The van der Waals surface area contributed by atoms with Gasteiger partial charge in [0.25, 0.3) is 0 Å². The average molecular weight is 336 g/mol. The topological polar surface area (TPSA) is 48.5 Å². The second-order valence-electron chi connectivity index (χ2n) is 6.86. The number of carbonyl (C=O) groups is 1. The van der Waals surface area contributed by atoms with E-state index >= 15 is 0 Å². The third-order valence-corrected chi connectivity index (χ3v) is 5.25. The van der Waals surface area contributed by atoms with Crippen molar-refractivity contribution in [1.82, 2.24) is 15.2 Å². The van der Waals surface area contributed by atoms with Crippen molar-refractivity contribution in [3.8, 4) is 0 Å². The fourth-order valence-electron chi connectivity index (χ4n) is 3.80. The van der Waals surface area contributed by atoms with Crippen molar-refractivity contribution in [2.75, 3.05) is 31.1 Å². The van der Waals surface area contributed by atoms with Crippen molar-refractivity contribution in [3.05, 3.63) is 59.3 Å². The molecule has 2 aromatic rings. The first-order chi connectivity index (χ1) is 12.2. The van der Waals surface area contributed by atoms with Crippen LogP contribution in [0, 0.1) is 6.92 Å². The molecule has 1 aromatic carbocycles. The van der Waals surface area contributed by atoms with Crippen molar-refractivity contribution in [3.63, 3.8) is 0 Å². The van der Waals surface area contributed by atoms with E-state index < -0.39 is 0 Å². The summed E-state index contributed by atoms with van der Waals surface area (Å²) in [5.41, 5.74) is 3.79. The van der Waals surface area contributed by atoms with Crippen molar-refractivity contribution < 1.29 is 4.79 Å². The standard InChI is InChI=1S/C20H24N4O/c1-15-5-4-8-21-19(15)23-9-11-24(12-10-23)20(25)18-13-16-6-2-3-7-17(16)14-22-18/h2-8,18,22H,9-14H2,1H3/t18-/m1/s1. The molecule has 1 atom stereocenters. The zero-order chi connectivity index (χ0) is 17.2. The predicted octanol–water partition coefficient (Wildman–Crippen LogP) is 1.75. The first-order valence-electron chi connectivity index (χ1n) is 8.98. The summed E-state index contributed by atoms with van der Waals surface area (Å²) >= 11 is 0. The number of hydrogen-bond acceptors (Lipinski definition) is 4. The lowest BCUT2D eigenvalue weighted by molar-refractivity contribution is -0.134. The van der Waals surface area contributed by atoms with E-state index in [0.717, 1.165) is 45.0 Å². The number of rotatable bonds is 2. The number of aryl methyl sites for hydroxylation is 1. The summed E-state index contributed by atoms with van der Waals surface area (Å²) in [5, 5.41) is 3.41. The smallest absolute Gasteiger partial charge is 0.240 e. The van der Waals surface area contributed by atoms with Gasteiger partial charge >= 0.3 is 0 Å². The highest BCUT2D eigenvalue weighted by Gasteiger charge is 2.30. The van der Waals surface area contributed by atoms with Crippen LogP contribution in [0.2, 0.25) is 0 Å². The first kappa shape index (κ1) is 16.1. The van der Waals surface area contributed by atoms with E-state index in [9.17, 15) is 4.79 Å². The number of pyridine rings is 1. The van der Waals surface area contributed by atoms with E-state index in [2.05, 4.69) is 52.5 Å². The molecule has 0 radical (unpaired) electrons. The number of nitrogens with zero attached hydrogens (tertiary/aromatic N) is 3. The minimum atomic E-state index is -0.0990. The monoisotopic (exact) mass is 336 g/mol. The number of benzene rings is 1. The Bertz CT molecular complexity index is 768. The van der Waals surface area contributed by atoms with Gasteiger partial charge in [-0.3, -0.25) is 4.79 Å². The van der Waals surface area contributed by atoms with Crippen LogP contribution in [0.1, 0.15) is 16.7 Å². The highest BCUT2D eigenvalue weighted by molar-refractivity contribution is 5.83. The van der Waals surface area contributed by atoms with E-state index in [1.165, 1.54) is 16.7 Å². The molecule has 1 aromatic heterocycles. The zero-order valence-electron chi connectivity index (χ0n) is 14.6. The molecule has 0 unspecified atom stereocenters. The van der Waals surface area contributed by atoms with Crippen LogP contribution in [0.5, 0.6) is 0 Å². The molecule has 5 nitrogen and oxygen atoms in total. The molecule has 0 saturated carbocycles. The van der Waals surface area contributed by atoms with Crippen LogP contribution in [0.25, 0.3) is 0 Å². The molecule has 2 aliphatic heterocycles. The number of anilines is 1. The van der Waals surface area contributed by atoms with Crippen LogP contribution in [-0.4, -0.2) is 48.0 Å². The van der Waals surface area contributed by atoms with Gasteiger partial charge in [0.1, 0.15) is 5.82 Å². The molecule has 1 amide bonds. The largest absolute Gasteiger partial charge is 0.353 e. The Balaban J connectivity index is 1.38. The van der Waals surface area contributed by atoms with Gasteiger partial charge in [0, 0.05) is 38.9 Å². The molecule has 130 valence electrons. The van der Waals surface area contributed by atoms with E-state index in [0.29, 0.717) is 0 Å². The maximum atomic E-state index is 12.9. The molecule has 25 heavy (non-hydrogen) atoms. The van der Waals surface area contributed by atoms with Gasteiger partial charge in [-0.05, 0) is 36.1 Å². The van der Waals surface area contributed by atoms with Crippen molar-refractivity contribution in [1.29, 1.82) is 0 Å². The number of piperazine rings is 1. The molecule has 5 heteroatoms. The molecule has 0 spiro atoms. The molecule has 3 heterocycles. The number of hydrogen-bond donors (Lipinski definition) is 1. The number of fused-ring (bicyclic) bond motifs is 1. The fourth-order valence-corrected chi connectivity index (χ4v) is 3.80. The lowest BCUT2D eigenvalue weighted by atomic mass is 9.95. The van der Waals surface area contributed by atoms with Gasteiger partial charge in [-0.15, -0.1) is 0 Å². The van der Waals surface area contributed by atoms with Crippen molar-refractivity contribution in [2.45, 2.75) is 25.9 Å². The van der Waals surface area contributed by atoms with E-state index in [1.807, 2.05) is 17.2 Å². The minimum absolute atomic E-state index is 0.0990. The van der Waals surface area contributed by atoms with Gasteiger partial charge in [-0.2, -0.15) is 0 Å². The summed E-state index contributed by atoms with van der Waals surface area (Å²) in [5.74, 6) is 1.27. The van der Waals surface area contributed by atoms with Crippen LogP contribution in [0.15, 0.2) is 42.6 Å². The second kappa shape index (κ2) is 6.84. The van der Waals surface area contributed by atoms with E-state index in [4.69, 9.17) is 0 Å². The van der Waals surface area contributed by atoms with Crippen molar-refractivity contribution in [2.24, 2.45) is 0 Å². The summed E-state index contributed by atoms with van der Waals surface area (Å²) in [6.07, 6.45) is 2.62. The summed E-state index contributed by atoms with van der Waals surface area (Å²) in [6, 6.07) is 12.3. The second-order valence-corrected chi connectivity index (χ2v) is 6.86. The molecule has 4 rings (SSSR count). The minimum Gasteiger partial charge on any atom is -0.353 e. The molecule has 0 aliphatic carbocycles. The normalized spacial score (nSPS) is 20.3. The number of amides is 1. The van der Waals surface area contributed by atoms with Crippen LogP contribution >= 0.6 is 0 Å². The fraction of sp³-hybridized carbons (Fsp3) is 0.400. The zero-order valence-corrected chi connectivity index (χ0v) is 14.6. The molecular formula is C20H24N4O. The molecular weight excluding hydrogens is 312 g/mol. The predicted molar refractivity (Wildman–Crippen MR) is 98.5 cm³/mol. The summed E-state index contributed by atoms with van der Waals surface area (Å²) in [7, 11) is 0. The van der Waals surface area contributed by atoms with Gasteiger partial charge in [-0.25, -0.2) is 4.98 Å². The third kappa shape index (κ3) is 3.24. The highest BCUT2D eigenvalue weighted by atomic mass is 16.2. The van der Waals surface area contributed by atoms with Crippen LogP contribution in [0.4, 0.5) is 5.82 Å². The van der Waals surface area contributed by atoms with Crippen molar-refractivity contribution >= 4 is 11.7 Å². The SMILES string of the molecule is Cc1cccnc1N1CCN(C(=O)[C@H]2Cc3ccccc3CN2)CC1. The van der Waals surface area contributed by atoms with E-state index in [-0.39, 0.29) is 11.9 Å². The average Bonchev–Trinajstić information content (AvgIpc) is 2.67. The number of nitrogens with one attached hydrogen (secondary N) is 1. The van der Waals surface area contributed by atoms with Gasteiger partial charge < -0.3 is 15.1 Å². The lowest BCUT2D eigenvalue weighted by Crippen LogP contribution is -2.55. The molecule has 1 saturated heterocycles. The summed E-state index contributed by atoms with van der Waals surface area (Å²) in [4.78, 5) is 21.7. The Hall–Kier alpha value is -2.40. The van der Waals surface area contributed by atoms with Gasteiger partial charge in [0.2, 0.25) is 5.91 Å². The number of aromatic nitrogens is 1. The number of carbonyl (C=O) groups excluding carboxylic acids is 1. The van der Waals surface area contributed by atoms with Crippen LogP contribution in [0.3, 0.4) is 0 Å². The Kier molecular flexibility index (Phi) is 4.40. The molecule has 2 aliphatic rings. The quantitative estimate of drug-likeness (QED) is 0.908. The molecule has 1 fully saturated rings. The molecule has 1 N–H and O–H groups in total. The summed E-state index contributed by atoms with van der Waals surface area (Å²) < 4.78 is 0. The highest BCUT2D eigenvalue weighted by Crippen LogP contribution is 2.20. The lowest BCUT2D eigenvalue weighted by Gasteiger charge is -2.38. The van der Waals surface area contributed by atoms with Gasteiger partial charge in [0.05, 0.1) is 6.04 Å². The van der Waals surface area contributed by atoms with Gasteiger partial charge in [0.15, 0.2) is 0 Å². The maximum Gasteiger partial charge on any atom is 0.240 e. The van der Waals surface area contributed by atoms with Crippen LogP contribution < -0.4 is 10.2 Å². The first-order valence-corrected chi connectivity index (χ1v) is 8.98. The van der Waals surface area contributed by atoms with Crippen LogP contribution in [-0.2, 0) is 17.8 Å². The molecule has 0 bridgehead atoms. The Morgan fingerprint density at radius 1 is 1.08 bits per heavy atom. The van der Waals surface area contributed by atoms with E-state index in [1.54, 1.807) is 0 Å². The summed E-state index contributed by atoms with van der Waals surface area (Å²) in [6.45, 7) is 6.06. The maximum absolute atomic E-state index is 12.9. The Morgan fingerprint density at radius 3 is 2.60 bits per heavy atom. The Morgan fingerprint density at radius 2 is 1.84 bits per heavy atom. The third-order valence-electron chi connectivity index (χ3n) is 5.25. The Labute approximate surface area is 148 Å².